The number of amides is 2. The molecular formula is C31H34Cl3N3O4S. The number of hydrogen-bond donors (Lipinski definition) is 1. The largest absolute Gasteiger partial charge is 0.352 e. The van der Waals surface area contributed by atoms with E-state index in [1.165, 1.54) is 35.2 Å². The number of aryl methyl sites for hydroxylation is 1. The molecule has 0 spiro atoms. The topological polar surface area (TPSA) is 86.8 Å². The Bertz CT molecular complexity index is 1510. The van der Waals surface area contributed by atoms with Crippen LogP contribution >= 0.6 is 34.8 Å². The SMILES string of the molecule is Cc1ccc(S(=O)(=O)N(CC(=O)N(Cc2cccc(Cl)c2)[C@H](C)C(=O)NC2CCCCC2)c2cc(Cl)cc(Cl)c2)cc1. The molecule has 224 valence electrons. The summed E-state index contributed by atoms with van der Waals surface area (Å²) in [4.78, 5) is 28.9. The minimum absolute atomic E-state index is 0.00137. The highest BCUT2D eigenvalue weighted by Crippen LogP contribution is 2.30. The molecule has 0 heterocycles. The number of hydrogen-bond acceptors (Lipinski definition) is 4. The molecule has 3 aromatic rings. The van der Waals surface area contributed by atoms with Crippen LogP contribution in [-0.2, 0) is 26.2 Å². The highest BCUT2D eigenvalue weighted by atomic mass is 35.5. The van der Waals surface area contributed by atoms with E-state index in [4.69, 9.17) is 34.8 Å². The average Bonchev–Trinajstić information content (AvgIpc) is 2.94. The molecule has 0 unspecified atom stereocenters. The molecule has 1 aliphatic carbocycles. The van der Waals surface area contributed by atoms with Gasteiger partial charge in [-0.3, -0.25) is 13.9 Å². The van der Waals surface area contributed by atoms with E-state index in [2.05, 4.69) is 5.32 Å². The van der Waals surface area contributed by atoms with Crippen LogP contribution in [0.5, 0.6) is 0 Å². The van der Waals surface area contributed by atoms with Gasteiger partial charge in [0.1, 0.15) is 12.6 Å². The van der Waals surface area contributed by atoms with Gasteiger partial charge in [-0.1, -0.05) is 83.9 Å². The third-order valence-corrected chi connectivity index (χ3v) is 9.84. The summed E-state index contributed by atoms with van der Waals surface area (Å²) < 4.78 is 28.9. The third kappa shape index (κ3) is 8.19. The van der Waals surface area contributed by atoms with Crippen molar-refractivity contribution in [1.82, 2.24) is 10.2 Å². The van der Waals surface area contributed by atoms with E-state index in [9.17, 15) is 18.0 Å². The Balaban J connectivity index is 1.70. The Kier molecular flexibility index (Phi) is 10.8. The molecule has 3 aromatic carbocycles. The zero-order chi connectivity index (χ0) is 30.4. The Morgan fingerprint density at radius 1 is 0.905 bits per heavy atom. The molecule has 0 aliphatic heterocycles. The minimum Gasteiger partial charge on any atom is -0.352 e. The summed E-state index contributed by atoms with van der Waals surface area (Å²) in [7, 11) is -4.23. The smallest absolute Gasteiger partial charge is 0.264 e. The van der Waals surface area contributed by atoms with E-state index in [0.29, 0.717) is 10.6 Å². The molecule has 1 aliphatic rings. The molecule has 1 saturated carbocycles. The first-order valence-corrected chi connectivity index (χ1v) is 16.4. The standard InChI is InChI=1S/C31H34Cl3N3O4S/c1-21-11-13-29(14-12-21)42(40,41)37(28-17-25(33)16-26(34)18-28)20-30(38)36(19-23-7-6-8-24(32)15-23)22(2)31(39)35-27-9-4-3-5-10-27/h6-8,11-18,22,27H,3-5,9-10,19-20H2,1-2H3,(H,35,39)/t22-/m1/s1. The van der Waals surface area contributed by atoms with Gasteiger partial charge in [0.15, 0.2) is 0 Å². The van der Waals surface area contributed by atoms with Crippen molar-refractivity contribution in [3.05, 3.63) is 92.9 Å². The first-order valence-electron chi connectivity index (χ1n) is 13.8. The van der Waals surface area contributed by atoms with Gasteiger partial charge in [0.2, 0.25) is 11.8 Å². The Morgan fingerprint density at radius 3 is 2.17 bits per heavy atom. The number of benzene rings is 3. The molecule has 4 rings (SSSR count). The third-order valence-electron chi connectivity index (χ3n) is 7.38. The molecule has 0 bridgehead atoms. The van der Waals surface area contributed by atoms with Crippen molar-refractivity contribution in [2.45, 2.75) is 69.5 Å². The highest BCUT2D eigenvalue weighted by Gasteiger charge is 2.33. The van der Waals surface area contributed by atoms with Gasteiger partial charge in [0.05, 0.1) is 10.6 Å². The lowest BCUT2D eigenvalue weighted by molar-refractivity contribution is -0.139. The van der Waals surface area contributed by atoms with E-state index in [-0.39, 0.29) is 39.1 Å². The molecular weight excluding hydrogens is 617 g/mol. The number of nitrogens with one attached hydrogen (secondary N) is 1. The summed E-state index contributed by atoms with van der Waals surface area (Å²) in [6.07, 6.45) is 4.99. The van der Waals surface area contributed by atoms with Crippen LogP contribution < -0.4 is 9.62 Å². The number of carbonyl (C=O) groups excluding carboxylic acids is 2. The van der Waals surface area contributed by atoms with Crippen LogP contribution in [0.1, 0.15) is 50.2 Å². The van der Waals surface area contributed by atoms with Gasteiger partial charge in [-0.05, 0) is 74.7 Å². The van der Waals surface area contributed by atoms with Crippen molar-refractivity contribution in [3.63, 3.8) is 0 Å². The van der Waals surface area contributed by atoms with E-state index in [1.54, 1.807) is 43.3 Å². The Labute approximate surface area is 262 Å². The summed E-state index contributed by atoms with van der Waals surface area (Å²) in [5.41, 5.74) is 1.71. The zero-order valence-corrected chi connectivity index (χ0v) is 26.6. The van der Waals surface area contributed by atoms with Crippen LogP contribution in [0.15, 0.2) is 71.6 Å². The number of sulfonamides is 1. The van der Waals surface area contributed by atoms with Gasteiger partial charge in [0, 0.05) is 27.7 Å². The van der Waals surface area contributed by atoms with E-state index < -0.39 is 28.5 Å². The molecule has 0 saturated heterocycles. The summed E-state index contributed by atoms with van der Waals surface area (Å²) in [6.45, 7) is 2.96. The minimum atomic E-state index is -4.23. The molecule has 1 atom stereocenters. The second-order valence-electron chi connectivity index (χ2n) is 10.6. The lowest BCUT2D eigenvalue weighted by Crippen LogP contribution is -2.53. The molecule has 0 aromatic heterocycles. The molecule has 1 N–H and O–H groups in total. The fourth-order valence-electron chi connectivity index (χ4n) is 5.03. The van der Waals surface area contributed by atoms with Crippen LogP contribution in [-0.4, -0.2) is 43.8 Å². The normalized spacial score (nSPS) is 14.7. The van der Waals surface area contributed by atoms with Crippen molar-refractivity contribution in [3.8, 4) is 0 Å². The van der Waals surface area contributed by atoms with Crippen LogP contribution in [0.2, 0.25) is 15.1 Å². The number of carbonyl (C=O) groups is 2. The number of rotatable bonds is 10. The predicted molar refractivity (Wildman–Crippen MR) is 169 cm³/mol. The highest BCUT2D eigenvalue weighted by molar-refractivity contribution is 7.92. The molecule has 7 nitrogen and oxygen atoms in total. The van der Waals surface area contributed by atoms with Crippen LogP contribution in [0.3, 0.4) is 0 Å². The molecule has 0 radical (unpaired) electrons. The predicted octanol–water partition coefficient (Wildman–Crippen LogP) is 7.02. The quantitative estimate of drug-likeness (QED) is 0.256. The second-order valence-corrected chi connectivity index (χ2v) is 13.8. The van der Waals surface area contributed by atoms with Crippen LogP contribution in [0.4, 0.5) is 5.69 Å². The van der Waals surface area contributed by atoms with Gasteiger partial charge in [0.25, 0.3) is 10.0 Å². The maximum Gasteiger partial charge on any atom is 0.264 e. The van der Waals surface area contributed by atoms with E-state index >= 15 is 0 Å². The van der Waals surface area contributed by atoms with Crippen molar-refractivity contribution in [1.29, 1.82) is 0 Å². The number of halogens is 3. The van der Waals surface area contributed by atoms with Gasteiger partial charge in [-0.15, -0.1) is 0 Å². The van der Waals surface area contributed by atoms with Crippen LogP contribution in [0, 0.1) is 6.92 Å². The average molecular weight is 651 g/mol. The molecule has 1 fully saturated rings. The molecule has 42 heavy (non-hydrogen) atoms. The zero-order valence-electron chi connectivity index (χ0n) is 23.5. The fourth-order valence-corrected chi connectivity index (χ4v) is 7.16. The first kappa shape index (κ1) is 32.1. The van der Waals surface area contributed by atoms with Crippen molar-refractivity contribution < 1.29 is 18.0 Å². The molecule has 2 amide bonds. The molecule has 11 heteroatoms. The summed E-state index contributed by atoms with van der Waals surface area (Å²) in [6, 6.07) is 16.8. The fraction of sp³-hybridized carbons (Fsp3) is 0.355. The maximum atomic E-state index is 14.1. The lowest BCUT2D eigenvalue weighted by atomic mass is 9.95. The lowest BCUT2D eigenvalue weighted by Gasteiger charge is -2.33. The van der Waals surface area contributed by atoms with Crippen molar-refractivity contribution in [2.75, 3.05) is 10.8 Å². The van der Waals surface area contributed by atoms with Gasteiger partial charge in [-0.2, -0.15) is 0 Å². The summed E-state index contributed by atoms with van der Waals surface area (Å²) in [5, 5.41) is 4.00. The van der Waals surface area contributed by atoms with Gasteiger partial charge < -0.3 is 10.2 Å². The van der Waals surface area contributed by atoms with Crippen LogP contribution in [0.25, 0.3) is 0 Å². The Morgan fingerprint density at radius 2 is 1.55 bits per heavy atom. The number of anilines is 1. The Hall–Kier alpha value is -2.78. The van der Waals surface area contributed by atoms with E-state index in [0.717, 1.165) is 42.0 Å². The summed E-state index contributed by atoms with van der Waals surface area (Å²) in [5.74, 6) is -0.871. The second kappa shape index (κ2) is 14.1. The number of nitrogens with zero attached hydrogens (tertiary/aromatic N) is 2. The van der Waals surface area contributed by atoms with Gasteiger partial charge in [-0.25, -0.2) is 8.42 Å². The van der Waals surface area contributed by atoms with Gasteiger partial charge >= 0.3 is 0 Å². The van der Waals surface area contributed by atoms with E-state index in [1.807, 2.05) is 6.92 Å². The first-order chi connectivity index (χ1) is 19.9. The van der Waals surface area contributed by atoms with Crippen molar-refractivity contribution >= 4 is 62.3 Å². The maximum absolute atomic E-state index is 14.1. The van der Waals surface area contributed by atoms with Crippen molar-refractivity contribution in [2.24, 2.45) is 0 Å². The summed E-state index contributed by atoms with van der Waals surface area (Å²) >= 11 is 18.7. The monoisotopic (exact) mass is 649 g/mol.